The van der Waals surface area contributed by atoms with Crippen LogP contribution in [-0.4, -0.2) is 42.6 Å². The molecule has 1 amide bonds. The summed E-state index contributed by atoms with van der Waals surface area (Å²) in [6, 6.07) is 26.4. The van der Waals surface area contributed by atoms with Gasteiger partial charge in [0.25, 0.3) is 0 Å². The van der Waals surface area contributed by atoms with Crippen LogP contribution in [0.2, 0.25) is 0 Å². The van der Waals surface area contributed by atoms with Crippen LogP contribution in [0.1, 0.15) is 38.8 Å². The minimum atomic E-state index is -1.41. The number of hydrogen-bond donors (Lipinski definition) is 1. The molecule has 3 aliphatic heterocycles. The van der Waals surface area contributed by atoms with Crippen molar-refractivity contribution in [2.24, 2.45) is 5.92 Å². The zero-order valence-corrected chi connectivity index (χ0v) is 24.0. The van der Waals surface area contributed by atoms with Crippen molar-refractivity contribution in [2.75, 3.05) is 17.3 Å². The Balaban J connectivity index is 1.47. The average molecular weight is 585 g/mol. The molecule has 218 valence electrons. The van der Waals surface area contributed by atoms with E-state index in [0.717, 1.165) is 11.3 Å². The van der Waals surface area contributed by atoms with E-state index in [9.17, 15) is 19.2 Å². The Bertz CT molecular complexity index is 1860. The summed E-state index contributed by atoms with van der Waals surface area (Å²) in [6.07, 6.45) is 3.90. The summed E-state index contributed by atoms with van der Waals surface area (Å²) in [5.41, 5.74) is 2.23. The maximum absolute atomic E-state index is 14.9. The second kappa shape index (κ2) is 10.3. The number of benzene rings is 4. The first-order chi connectivity index (χ1) is 21.3. The molecule has 1 saturated heterocycles. The van der Waals surface area contributed by atoms with Gasteiger partial charge in [0.2, 0.25) is 5.91 Å². The Kier molecular flexibility index (Phi) is 6.43. The van der Waals surface area contributed by atoms with Gasteiger partial charge in [-0.1, -0.05) is 48.6 Å². The van der Waals surface area contributed by atoms with Gasteiger partial charge in [0.05, 0.1) is 19.1 Å². The number of carbonyl (C=O) groups excluding carboxylic acids is 4. The molecular weight excluding hydrogens is 556 g/mol. The first-order valence-electron chi connectivity index (χ1n) is 14.3. The van der Waals surface area contributed by atoms with Crippen molar-refractivity contribution in [1.29, 1.82) is 0 Å². The molecule has 4 aromatic rings. The molecule has 8 nitrogen and oxygen atoms in total. The minimum Gasteiger partial charge on any atom is -0.497 e. The summed E-state index contributed by atoms with van der Waals surface area (Å²) in [7, 11) is 1.55. The predicted octanol–water partition coefficient (Wildman–Crippen LogP) is 5.48. The third-order valence-electron chi connectivity index (χ3n) is 8.87. The lowest BCUT2D eigenvalue weighted by Gasteiger charge is -2.37. The fraction of sp³-hybridized carbons (Fsp3) is 0.167. The maximum Gasteiger partial charge on any atom is 0.308 e. The summed E-state index contributed by atoms with van der Waals surface area (Å²) in [5.74, 6) is -1.66. The molecule has 44 heavy (non-hydrogen) atoms. The van der Waals surface area contributed by atoms with E-state index in [2.05, 4.69) is 5.32 Å². The fourth-order valence-corrected chi connectivity index (χ4v) is 7.08. The van der Waals surface area contributed by atoms with E-state index in [1.54, 1.807) is 55.6 Å². The van der Waals surface area contributed by atoms with Gasteiger partial charge in [0.15, 0.2) is 11.6 Å². The van der Waals surface area contributed by atoms with E-state index in [4.69, 9.17) is 9.47 Å². The van der Waals surface area contributed by atoms with E-state index in [-0.39, 0.29) is 17.5 Å². The molecule has 7 rings (SSSR count). The van der Waals surface area contributed by atoms with Gasteiger partial charge >= 0.3 is 5.97 Å². The number of esters is 1. The van der Waals surface area contributed by atoms with Crippen LogP contribution < -0.4 is 19.7 Å². The van der Waals surface area contributed by atoms with E-state index in [1.165, 1.54) is 6.92 Å². The first kappa shape index (κ1) is 27.3. The van der Waals surface area contributed by atoms with Crippen LogP contribution >= 0.6 is 0 Å². The Morgan fingerprint density at radius 1 is 0.795 bits per heavy atom. The molecular formula is C36H28N2O6. The molecule has 3 heterocycles. The van der Waals surface area contributed by atoms with Crippen molar-refractivity contribution in [3.63, 3.8) is 0 Å². The molecule has 4 unspecified atom stereocenters. The lowest BCUT2D eigenvalue weighted by Crippen LogP contribution is -2.51. The number of hydrogen-bond acceptors (Lipinski definition) is 7. The molecule has 0 aliphatic carbocycles. The van der Waals surface area contributed by atoms with Crippen LogP contribution in [0.4, 0.5) is 11.4 Å². The van der Waals surface area contributed by atoms with Gasteiger partial charge in [0.1, 0.15) is 23.0 Å². The zero-order valence-electron chi connectivity index (χ0n) is 24.0. The molecule has 0 saturated carbocycles. The third-order valence-corrected chi connectivity index (χ3v) is 8.87. The molecule has 1 fully saturated rings. The number of rotatable bonds is 6. The number of Topliss-reactive ketones (excluding diaryl/α,β-unsaturated/α-hetero) is 2. The summed E-state index contributed by atoms with van der Waals surface area (Å²) in [4.78, 5) is 57.5. The highest BCUT2D eigenvalue weighted by Crippen LogP contribution is 2.58. The smallest absolute Gasteiger partial charge is 0.308 e. The number of nitrogens with one attached hydrogen (secondary N) is 1. The number of amides is 1. The quantitative estimate of drug-likeness (QED) is 0.182. The van der Waals surface area contributed by atoms with Crippen LogP contribution in [0.15, 0.2) is 103 Å². The van der Waals surface area contributed by atoms with Crippen molar-refractivity contribution in [2.45, 2.75) is 24.4 Å². The number of anilines is 2. The highest BCUT2D eigenvalue weighted by Gasteiger charge is 2.70. The van der Waals surface area contributed by atoms with Crippen molar-refractivity contribution in [1.82, 2.24) is 0 Å². The SMILES string of the molecule is COc1ccc(C(=O)C2C(C(=O)c3ccc(OC(C)=O)cc3)N3c4ccccc4C=CC3C23C(=O)Nc2ccccc23)cc1. The van der Waals surface area contributed by atoms with Gasteiger partial charge < -0.3 is 19.7 Å². The van der Waals surface area contributed by atoms with Gasteiger partial charge in [-0.2, -0.15) is 0 Å². The largest absolute Gasteiger partial charge is 0.497 e. The highest BCUT2D eigenvalue weighted by molar-refractivity contribution is 6.18. The van der Waals surface area contributed by atoms with Crippen LogP contribution in [0.25, 0.3) is 6.08 Å². The van der Waals surface area contributed by atoms with E-state index in [1.807, 2.05) is 65.6 Å². The molecule has 0 aromatic heterocycles. The number of fused-ring (bicyclic) bond motifs is 6. The van der Waals surface area contributed by atoms with Gasteiger partial charge in [-0.25, -0.2) is 0 Å². The van der Waals surface area contributed by atoms with Gasteiger partial charge in [0, 0.05) is 29.4 Å². The number of para-hydroxylation sites is 2. The summed E-state index contributed by atoms with van der Waals surface area (Å²) in [6.45, 7) is 1.30. The normalized spacial score (nSPS) is 22.5. The molecule has 1 spiro atoms. The van der Waals surface area contributed by atoms with Crippen molar-refractivity contribution in [3.8, 4) is 11.5 Å². The van der Waals surface area contributed by atoms with Crippen molar-refractivity contribution in [3.05, 3.63) is 125 Å². The standard InChI is InChI=1S/C36H28N2O6/c1-21(39)44-26-18-13-24(14-19-26)34(41)32-31(33(40)23-11-16-25(43-2)17-12-23)36(27-8-4-5-9-28(27)37-35(36)42)30-20-15-22-7-3-6-10-29(22)38(30)32/h3-20,30-32H,1-2H3,(H,37,42). The number of ether oxygens (including phenoxy) is 2. The maximum atomic E-state index is 14.9. The van der Waals surface area contributed by atoms with Gasteiger partial charge in [-0.15, -0.1) is 0 Å². The second-order valence-electron chi connectivity index (χ2n) is 11.1. The second-order valence-corrected chi connectivity index (χ2v) is 11.1. The van der Waals surface area contributed by atoms with Crippen LogP contribution in [0.3, 0.4) is 0 Å². The van der Waals surface area contributed by atoms with Crippen molar-refractivity contribution >= 4 is 40.9 Å². The highest BCUT2D eigenvalue weighted by atomic mass is 16.5. The lowest BCUT2D eigenvalue weighted by molar-refractivity contribution is -0.131. The molecule has 4 aromatic carbocycles. The van der Waals surface area contributed by atoms with E-state index in [0.29, 0.717) is 33.9 Å². The Morgan fingerprint density at radius 2 is 1.43 bits per heavy atom. The van der Waals surface area contributed by atoms with E-state index >= 15 is 0 Å². The first-order valence-corrected chi connectivity index (χ1v) is 14.3. The molecule has 3 aliphatic rings. The van der Waals surface area contributed by atoms with Crippen LogP contribution in [0, 0.1) is 5.92 Å². The lowest BCUT2D eigenvalue weighted by atomic mass is 9.64. The van der Waals surface area contributed by atoms with Crippen molar-refractivity contribution < 1.29 is 28.7 Å². The Morgan fingerprint density at radius 3 is 2.14 bits per heavy atom. The van der Waals surface area contributed by atoms with Gasteiger partial charge in [-0.3, -0.25) is 19.2 Å². The Labute approximate surface area is 253 Å². The minimum absolute atomic E-state index is 0.302. The average Bonchev–Trinajstić information content (AvgIpc) is 3.52. The zero-order chi connectivity index (χ0) is 30.6. The monoisotopic (exact) mass is 584 g/mol. The van der Waals surface area contributed by atoms with Crippen LogP contribution in [-0.2, 0) is 15.0 Å². The summed E-state index contributed by atoms with van der Waals surface area (Å²) >= 11 is 0. The fourth-order valence-electron chi connectivity index (χ4n) is 7.08. The third kappa shape index (κ3) is 3.98. The topological polar surface area (TPSA) is 102 Å². The summed E-state index contributed by atoms with van der Waals surface area (Å²) < 4.78 is 10.5. The van der Waals surface area contributed by atoms with Crippen LogP contribution in [0.5, 0.6) is 11.5 Å². The number of carbonyl (C=O) groups is 4. The Hall–Kier alpha value is -5.50. The summed E-state index contributed by atoms with van der Waals surface area (Å²) in [5, 5.41) is 3.04. The number of ketones is 2. The van der Waals surface area contributed by atoms with Gasteiger partial charge in [-0.05, 0) is 71.8 Å². The number of nitrogens with zero attached hydrogens (tertiary/aromatic N) is 1. The predicted molar refractivity (Wildman–Crippen MR) is 165 cm³/mol. The molecule has 8 heteroatoms. The number of methoxy groups -OCH3 is 1. The molecule has 0 radical (unpaired) electrons. The van der Waals surface area contributed by atoms with E-state index < -0.39 is 29.4 Å². The molecule has 0 bridgehead atoms. The molecule has 4 atom stereocenters. The molecule has 1 N–H and O–H groups in total.